The second-order valence-corrected chi connectivity index (χ2v) is 4.24. The van der Waals surface area contributed by atoms with Crippen LogP contribution < -0.4 is 4.74 Å². The minimum atomic E-state index is 0.687. The summed E-state index contributed by atoms with van der Waals surface area (Å²) in [5.41, 5.74) is 0. The highest BCUT2D eigenvalue weighted by Crippen LogP contribution is 2.12. The highest BCUT2D eigenvalue weighted by molar-refractivity contribution is 9.10. The van der Waals surface area contributed by atoms with Crippen molar-refractivity contribution in [1.29, 1.82) is 0 Å². The zero-order valence-corrected chi connectivity index (χ0v) is 10.1. The minimum absolute atomic E-state index is 0.687. The van der Waals surface area contributed by atoms with Crippen LogP contribution in [-0.4, -0.2) is 37.1 Å². The van der Waals surface area contributed by atoms with E-state index in [1.54, 1.807) is 6.20 Å². The van der Waals surface area contributed by atoms with Crippen LogP contribution >= 0.6 is 15.9 Å². The Morgan fingerprint density at radius 1 is 1.43 bits per heavy atom. The summed E-state index contributed by atoms with van der Waals surface area (Å²) in [5.74, 6) is 0.687. The maximum atomic E-state index is 5.45. The van der Waals surface area contributed by atoms with E-state index in [1.807, 2.05) is 12.1 Å². The first-order valence-electron chi connectivity index (χ1n) is 4.57. The number of pyridine rings is 1. The van der Waals surface area contributed by atoms with Crippen LogP contribution in [0.25, 0.3) is 0 Å². The van der Waals surface area contributed by atoms with Gasteiger partial charge in [0, 0.05) is 23.3 Å². The van der Waals surface area contributed by atoms with Crippen LogP contribution in [0.2, 0.25) is 0 Å². The fraction of sp³-hybridized carbons (Fsp3) is 0.500. The molecule has 1 rings (SSSR count). The van der Waals surface area contributed by atoms with Gasteiger partial charge in [-0.2, -0.15) is 0 Å². The van der Waals surface area contributed by atoms with Gasteiger partial charge in [0.25, 0.3) is 0 Å². The Labute approximate surface area is 93.2 Å². The van der Waals surface area contributed by atoms with Crippen LogP contribution in [0.4, 0.5) is 0 Å². The van der Waals surface area contributed by atoms with Crippen LogP contribution in [0.5, 0.6) is 5.88 Å². The Hall–Kier alpha value is -0.610. The summed E-state index contributed by atoms with van der Waals surface area (Å²) < 4.78 is 6.42. The molecule has 0 aliphatic rings. The molecule has 0 spiro atoms. The predicted octanol–water partition coefficient (Wildman–Crippen LogP) is 2.17. The molecule has 1 aromatic rings. The van der Waals surface area contributed by atoms with Crippen molar-refractivity contribution in [2.75, 3.05) is 27.2 Å². The van der Waals surface area contributed by atoms with E-state index in [2.05, 4.69) is 39.9 Å². The summed E-state index contributed by atoms with van der Waals surface area (Å²) in [6.45, 7) is 1.75. The quantitative estimate of drug-likeness (QED) is 0.758. The molecule has 4 heteroatoms. The van der Waals surface area contributed by atoms with Crippen molar-refractivity contribution in [1.82, 2.24) is 9.88 Å². The fourth-order valence-electron chi connectivity index (χ4n) is 1.01. The molecule has 0 saturated carbocycles. The molecular formula is C10H15BrN2O. The molecule has 0 radical (unpaired) electrons. The van der Waals surface area contributed by atoms with E-state index in [4.69, 9.17) is 4.74 Å². The van der Waals surface area contributed by atoms with Crippen molar-refractivity contribution >= 4 is 15.9 Å². The number of hydrogen-bond donors (Lipinski definition) is 0. The lowest BCUT2D eigenvalue weighted by Gasteiger charge is -2.09. The first-order valence-corrected chi connectivity index (χ1v) is 5.37. The van der Waals surface area contributed by atoms with E-state index in [9.17, 15) is 0 Å². The molecular weight excluding hydrogens is 244 g/mol. The molecule has 1 aromatic heterocycles. The maximum Gasteiger partial charge on any atom is 0.213 e. The number of aromatic nitrogens is 1. The van der Waals surface area contributed by atoms with Gasteiger partial charge in [-0.3, -0.25) is 0 Å². The second-order valence-electron chi connectivity index (χ2n) is 3.32. The SMILES string of the molecule is CN(C)CCCOc1ccc(Br)cn1. The number of halogens is 1. The van der Waals surface area contributed by atoms with Crippen LogP contribution in [0.1, 0.15) is 6.42 Å². The summed E-state index contributed by atoms with van der Waals surface area (Å²) in [6, 6.07) is 3.79. The third kappa shape index (κ3) is 4.58. The summed E-state index contributed by atoms with van der Waals surface area (Å²) in [6.07, 6.45) is 2.76. The zero-order valence-electron chi connectivity index (χ0n) is 8.53. The number of ether oxygens (including phenoxy) is 1. The first-order chi connectivity index (χ1) is 6.68. The highest BCUT2D eigenvalue weighted by atomic mass is 79.9. The van der Waals surface area contributed by atoms with E-state index in [-0.39, 0.29) is 0 Å². The van der Waals surface area contributed by atoms with Crippen molar-refractivity contribution in [2.24, 2.45) is 0 Å². The lowest BCUT2D eigenvalue weighted by atomic mass is 10.4. The van der Waals surface area contributed by atoms with Crippen LogP contribution in [0.3, 0.4) is 0 Å². The molecule has 0 bridgehead atoms. The lowest BCUT2D eigenvalue weighted by molar-refractivity contribution is 0.273. The molecule has 1 heterocycles. The van der Waals surface area contributed by atoms with Crippen molar-refractivity contribution in [3.05, 3.63) is 22.8 Å². The Kier molecular flexibility index (Phi) is 4.90. The molecule has 0 unspecified atom stereocenters. The topological polar surface area (TPSA) is 25.4 Å². The molecule has 0 aliphatic carbocycles. The lowest BCUT2D eigenvalue weighted by Crippen LogP contribution is -2.15. The molecule has 0 fully saturated rings. The fourth-order valence-corrected chi connectivity index (χ4v) is 1.24. The Bertz CT molecular complexity index is 261. The van der Waals surface area contributed by atoms with Gasteiger partial charge in [0.15, 0.2) is 0 Å². The highest BCUT2D eigenvalue weighted by Gasteiger charge is 1.95. The van der Waals surface area contributed by atoms with Crippen LogP contribution in [0.15, 0.2) is 22.8 Å². The van der Waals surface area contributed by atoms with E-state index in [0.717, 1.165) is 17.4 Å². The van der Waals surface area contributed by atoms with Gasteiger partial charge in [0.1, 0.15) is 0 Å². The molecule has 14 heavy (non-hydrogen) atoms. The predicted molar refractivity (Wildman–Crippen MR) is 60.6 cm³/mol. The normalized spacial score (nSPS) is 10.6. The number of hydrogen-bond acceptors (Lipinski definition) is 3. The standard InChI is InChI=1S/C10H15BrN2O/c1-13(2)6-3-7-14-10-5-4-9(11)8-12-10/h4-5,8H,3,6-7H2,1-2H3. The third-order valence-electron chi connectivity index (χ3n) is 1.70. The molecule has 0 aliphatic heterocycles. The summed E-state index contributed by atoms with van der Waals surface area (Å²) >= 11 is 3.32. The van der Waals surface area contributed by atoms with Crippen molar-refractivity contribution < 1.29 is 4.74 Å². The number of rotatable bonds is 5. The largest absolute Gasteiger partial charge is 0.478 e. The third-order valence-corrected chi connectivity index (χ3v) is 2.17. The van der Waals surface area contributed by atoms with Gasteiger partial charge in [-0.05, 0) is 42.5 Å². The zero-order chi connectivity index (χ0) is 10.4. The maximum absolute atomic E-state index is 5.45. The van der Waals surface area contributed by atoms with Gasteiger partial charge < -0.3 is 9.64 Å². The molecule has 0 aromatic carbocycles. The Morgan fingerprint density at radius 3 is 2.79 bits per heavy atom. The molecule has 0 atom stereocenters. The van der Waals surface area contributed by atoms with Gasteiger partial charge >= 0.3 is 0 Å². The molecule has 0 amide bonds. The van der Waals surface area contributed by atoms with Crippen molar-refractivity contribution in [3.8, 4) is 5.88 Å². The Morgan fingerprint density at radius 2 is 2.21 bits per heavy atom. The van der Waals surface area contributed by atoms with E-state index < -0.39 is 0 Å². The minimum Gasteiger partial charge on any atom is -0.478 e. The van der Waals surface area contributed by atoms with Crippen LogP contribution in [-0.2, 0) is 0 Å². The summed E-state index contributed by atoms with van der Waals surface area (Å²) in [4.78, 5) is 6.25. The second kappa shape index (κ2) is 5.98. The smallest absolute Gasteiger partial charge is 0.213 e. The summed E-state index contributed by atoms with van der Waals surface area (Å²) in [5, 5.41) is 0. The van der Waals surface area contributed by atoms with E-state index >= 15 is 0 Å². The van der Waals surface area contributed by atoms with Gasteiger partial charge in [0.2, 0.25) is 5.88 Å². The molecule has 78 valence electrons. The van der Waals surface area contributed by atoms with Crippen molar-refractivity contribution in [2.45, 2.75) is 6.42 Å². The van der Waals surface area contributed by atoms with Gasteiger partial charge in [-0.1, -0.05) is 0 Å². The average Bonchev–Trinajstić information content (AvgIpc) is 2.15. The Balaban J connectivity index is 2.21. The van der Waals surface area contributed by atoms with Crippen molar-refractivity contribution in [3.63, 3.8) is 0 Å². The van der Waals surface area contributed by atoms with E-state index in [1.165, 1.54) is 0 Å². The van der Waals surface area contributed by atoms with Gasteiger partial charge in [0.05, 0.1) is 6.61 Å². The average molecular weight is 259 g/mol. The first kappa shape index (κ1) is 11.5. The monoisotopic (exact) mass is 258 g/mol. The molecule has 0 saturated heterocycles. The van der Waals surface area contributed by atoms with Gasteiger partial charge in [-0.25, -0.2) is 4.98 Å². The van der Waals surface area contributed by atoms with Gasteiger partial charge in [-0.15, -0.1) is 0 Å². The van der Waals surface area contributed by atoms with Crippen LogP contribution in [0, 0.1) is 0 Å². The molecule has 0 N–H and O–H groups in total. The van der Waals surface area contributed by atoms with E-state index in [0.29, 0.717) is 12.5 Å². The molecule has 3 nitrogen and oxygen atoms in total. The number of nitrogens with zero attached hydrogens (tertiary/aromatic N) is 2. The summed E-state index contributed by atoms with van der Waals surface area (Å²) in [7, 11) is 4.11.